The molecule has 2 aliphatic heterocycles. The molecule has 0 atom stereocenters. The summed E-state index contributed by atoms with van der Waals surface area (Å²) in [6.07, 6.45) is -7.21. The Balaban J connectivity index is 1.48. The minimum atomic E-state index is -5.02. The van der Waals surface area contributed by atoms with Gasteiger partial charge in [-0.3, -0.25) is 14.5 Å². The average molecular weight is 509 g/mol. The summed E-state index contributed by atoms with van der Waals surface area (Å²) in [4.78, 5) is 28.7. The van der Waals surface area contributed by atoms with Crippen LogP contribution in [0, 0.1) is 11.8 Å². The van der Waals surface area contributed by atoms with Gasteiger partial charge in [0.15, 0.2) is 0 Å². The number of alkyl halides is 6. The summed E-state index contributed by atoms with van der Waals surface area (Å²) < 4.78 is 78.1. The number of aliphatic hydroxyl groups excluding tert-OH is 1. The zero-order chi connectivity index (χ0) is 25.8. The van der Waals surface area contributed by atoms with E-state index in [4.69, 9.17) is 0 Å². The molecule has 6 nitrogen and oxygen atoms in total. The topological polar surface area (TPSA) is 72.9 Å². The van der Waals surface area contributed by atoms with Crippen LogP contribution in [0.5, 0.6) is 0 Å². The predicted molar refractivity (Wildman–Crippen MR) is 114 cm³/mol. The minimum absolute atomic E-state index is 0.00140. The fourth-order valence-corrected chi connectivity index (χ4v) is 4.43. The molecule has 1 aromatic carbocycles. The molecule has 2 heterocycles. The molecule has 2 fully saturated rings. The number of carbonyl (C=O) groups is 2. The van der Waals surface area contributed by atoms with Gasteiger partial charge in [0.1, 0.15) is 0 Å². The molecular formula is C23H29F6N3O3. The normalized spacial score (nSPS) is 19.1. The molecule has 196 valence electrons. The Morgan fingerprint density at radius 3 is 1.86 bits per heavy atom. The SMILES string of the molecule is O=C(NCC1CCN(CC(=O)N2CCC(CO)CC2)CC1)c1cc(C(F)(F)F)cc(C(F)(F)F)c1. The second-order valence-corrected chi connectivity index (χ2v) is 9.23. The zero-order valence-corrected chi connectivity index (χ0v) is 19.1. The van der Waals surface area contributed by atoms with Crippen LogP contribution in [0.3, 0.4) is 0 Å². The number of hydrogen-bond acceptors (Lipinski definition) is 4. The number of nitrogens with zero attached hydrogens (tertiary/aromatic N) is 2. The van der Waals surface area contributed by atoms with Crippen LogP contribution in [-0.2, 0) is 17.1 Å². The summed E-state index contributed by atoms with van der Waals surface area (Å²) in [6, 6.07) is 0.826. The largest absolute Gasteiger partial charge is 0.416 e. The van der Waals surface area contributed by atoms with Crippen molar-refractivity contribution in [3.63, 3.8) is 0 Å². The van der Waals surface area contributed by atoms with Crippen molar-refractivity contribution >= 4 is 11.8 Å². The van der Waals surface area contributed by atoms with E-state index in [0.29, 0.717) is 51.2 Å². The summed E-state index contributed by atoms with van der Waals surface area (Å²) >= 11 is 0. The first-order valence-electron chi connectivity index (χ1n) is 11.6. The van der Waals surface area contributed by atoms with Gasteiger partial charge in [-0.15, -0.1) is 0 Å². The molecule has 35 heavy (non-hydrogen) atoms. The van der Waals surface area contributed by atoms with Crippen molar-refractivity contribution in [2.24, 2.45) is 11.8 Å². The lowest BCUT2D eigenvalue weighted by Crippen LogP contribution is -2.47. The van der Waals surface area contributed by atoms with Gasteiger partial charge >= 0.3 is 12.4 Å². The molecule has 0 aliphatic carbocycles. The van der Waals surface area contributed by atoms with E-state index in [1.54, 1.807) is 4.90 Å². The number of aliphatic hydroxyl groups is 1. The monoisotopic (exact) mass is 509 g/mol. The molecular weight excluding hydrogens is 480 g/mol. The van der Waals surface area contributed by atoms with Crippen molar-refractivity contribution in [2.45, 2.75) is 38.0 Å². The molecule has 0 saturated carbocycles. The molecule has 0 aromatic heterocycles. The lowest BCUT2D eigenvalue weighted by atomic mass is 9.96. The van der Waals surface area contributed by atoms with Crippen LogP contribution in [-0.4, -0.2) is 72.6 Å². The molecule has 1 aromatic rings. The molecule has 2 aliphatic rings. The lowest BCUT2D eigenvalue weighted by Gasteiger charge is -2.35. The number of amides is 2. The molecule has 0 bridgehead atoms. The maximum absolute atomic E-state index is 13.0. The highest BCUT2D eigenvalue weighted by Crippen LogP contribution is 2.36. The molecule has 2 saturated heterocycles. The molecule has 2 N–H and O–H groups in total. The van der Waals surface area contributed by atoms with E-state index < -0.39 is 35.0 Å². The second kappa shape index (κ2) is 11.2. The fraction of sp³-hybridized carbons (Fsp3) is 0.652. The first kappa shape index (κ1) is 27.3. The average Bonchev–Trinajstić information content (AvgIpc) is 2.82. The Morgan fingerprint density at radius 1 is 0.857 bits per heavy atom. The van der Waals surface area contributed by atoms with Gasteiger partial charge in [-0.2, -0.15) is 26.3 Å². The third kappa shape index (κ3) is 7.57. The van der Waals surface area contributed by atoms with Gasteiger partial charge in [0, 0.05) is 31.8 Å². The Kier molecular flexibility index (Phi) is 8.68. The van der Waals surface area contributed by atoms with Crippen molar-refractivity contribution in [1.29, 1.82) is 0 Å². The number of likely N-dealkylation sites (tertiary alicyclic amines) is 2. The number of nitrogens with one attached hydrogen (secondary N) is 1. The van der Waals surface area contributed by atoms with E-state index in [0.717, 1.165) is 12.8 Å². The smallest absolute Gasteiger partial charge is 0.396 e. The van der Waals surface area contributed by atoms with Crippen LogP contribution in [0.15, 0.2) is 18.2 Å². The van der Waals surface area contributed by atoms with E-state index in [1.165, 1.54) is 0 Å². The second-order valence-electron chi connectivity index (χ2n) is 9.23. The summed E-state index contributed by atoms with van der Waals surface area (Å²) in [5.41, 5.74) is -3.76. The third-order valence-electron chi connectivity index (χ3n) is 6.69. The summed E-state index contributed by atoms with van der Waals surface area (Å²) in [6.45, 7) is 2.96. The van der Waals surface area contributed by atoms with E-state index in [1.807, 2.05) is 4.90 Å². The van der Waals surface area contributed by atoms with Crippen molar-refractivity contribution in [3.8, 4) is 0 Å². The highest BCUT2D eigenvalue weighted by molar-refractivity contribution is 5.94. The lowest BCUT2D eigenvalue weighted by molar-refractivity contribution is -0.143. The van der Waals surface area contributed by atoms with Crippen LogP contribution >= 0.6 is 0 Å². The zero-order valence-electron chi connectivity index (χ0n) is 19.1. The van der Waals surface area contributed by atoms with Crippen molar-refractivity contribution in [2.75, 3.05) is 45.9 Å². The van der Waals surface area contributed by atoms with E-state index >= 15 is 0 Å². The number of piperidine rings is 2. The number of halogens is 6. The predicted octanol–water partition coefficient (Wildman–Crippen LogP) is 3.40. The third-order valence-corrected chi connectivity index (χ3v) is 6.69. The summed E-state index contributed by atoms with van der Waals surface area (Å²) in [5.74, 6) is -0.733. The molecule has 2 amide bonds. The Bertz CT molecular complexity index is 857. The van der Waals surface area contributed by atoms with Crippen LogP contribution < -0.4 is 5.32 Å². The minimum Gasteiger partial charge on any atom is -0.396 e. The van der Waals surface area contributed by atoms with Gasteiger partial charge in [0.25, 0.3) is 5.91 Å². The van der Waals surface area contributed by atoms with Gasteiger partial charge in [0.05, 0.1) is 17.7 Å². The van der Waals surface area contributed by atoms with Gasteiger partial charge in [-0.1, -0.05) is 0 Å². The molecule has 0 radical (unpaired) electrons. The van der Waals surface area contributed by atoms with E-state index in [-0.39, 0.29) is 43.5 Å². The number of hydrogen-bond donors (Lipinski definition) is 2. The van der Waals surface area contributed by atoms with E-state index in [9.17, 15) is 41.0 Å². The van der Waals surface area contributed by atoms with Gasteiger partial charge in [0.2, 0.25) is 5.91 Å². The first-order chi connectivity index (χ1) is 16.4. The fourth-order valence-electron chi connectivity index (χ4n) is 4.43. The highest BCUT2D eigenvalue weighted by Gasteiger charge is 2.37. The maximum Gasteiger partial charge on any atom is 0.416 e. The molecule has 12 heteroatoms. The number of rotatable bonds is 6. The van der Waals surface area contributed by atoms with E-state index in [2.05, 4.69) is 5.32 Å². The first-order valence-corrected chi connectivity index (χ1v) is 11.6. The van der Waals surface area contributed by atoms with Gasteiger partial charge in [-0.25, -0.2) is 0 Å². The Hall–Kier alpha value is -2.34. The van der Waals surface area contributed by atoms with Gasteiger partial charge < -0.3 is 15.3 Å². The van der Waals surface area contributed by atoms with Crippen LogP contribution in [0.1, 0.15) is 47.2 Å². The highest BCUT2D eigenvalue weighted by atomic mass is 19.4. The van der Waals surface area contributed by atoms with Crippen LogP contribution in [0.25, 0.3) is 0 Å². The number of carbonyl (C=O) groups excluding carboxylic acids is 2. The standard InChI is InChI=1S/C23H29F6N3O3/c24-22(25,26)18-9-17(10-19(11-18)23(27,28)29)21(35)30-12-15-1-5-31(6-2-15)13-20(34)32-7-3-16(14-33)4-8-32/h9-11,15-16,33H,1-8,12-14H2,(H,30,35). The number of benzene rings is 1. The van der Waals surface area contributed by atoms with Crippen molar-refractivity contribution in [3.05, 3.63) is 34.9 Å². The van der Waals surface area contributed by atoms with Crippen molar-refractivity contribution < 1.29 is 41.0 Å². The molecule has 3 rings (SSSR count). The van der Waals surface area contributed by atoms with Crippen LogP contribution in [0.4, 0.5) is 26.3 Å². The van der Waals surface area contributed by atoms with Crippen LogP contribution in [0.2, 0.25) is 0 Å². The van der Waals surface area contributed by atoms with Gasteiger partial charge in [-0.05, 0) is 68.8 Å². The summed E-state index contributed by atoms with van der Waals surface area (Å²) in [7, 11) is 0. The molecule has 0 spiro atoms. The Morgan fingerprint density at radius 2 is 1.37 bits per heavy atom. The van der Waals surface area contributed by atoms with Crippen molar-refractivity contribution in [1.82, 2.24) is 15.1 Å². The quantitative estimate of drug-likeness (QED) is 0.577. The Labute approximate surface area is 199 Å². The summed E-state index contributed by atoms with van der Waals surface area (Å²) in [5, 5.41) is 11.7. The molecule has 0 unspecified atom stereocenters. The maximum atomic E-state index is 13.0.